The van der Waals surface area contributed by atoms with E-state index in [1.165, 1.54) is 11.3 Å². The first-order valence-corrected chi connectivity index (χ1v) is 6.74. The van der Waals surface area contributed by atoms with Gasteiger partial charge in [-0.15, -0.1) is 11.3 Å². The summed E-state index contributed by atoms with van der Waals surface area (Å²) < 4.78 is 0. The van der Waals surface area contributed by atoms with E-state index in [1.54, 1.807) is 18.3 Å². The van der Waals surface area contributed by atoms with Crippen molar-refractivity contribution in [3.8, 4) is 11.8 Å². The van der Waals surface area contributed by atoms with Crippen LogP contribution in [0.5, 0.6) is 0 Å². The van der Waals surface area contributed by atoms with Crippen LogP contribution in [0.25, 0.3) is 10.9 Å². The number of pyridine rings is 1. The van der Waals surface area contributed by atoms with Crippen LogP contribution in [0.4, 0.5) is 0 Å². The minimum absolute atomic E-state index is 0.297. The molecule has 0 unspecified atom stereocenters. The van der Waals surface area contributed by atoms with Crippen molar-refractivity contribution in [2.45, 2.75) is 0 Å². The van der Waals surface area contributed by atoms with Crippen molar-refractivity contribution in [3.63, 3.8) is 0 Å². The summed E-state index contributed by atoms with van der Waals surface area (Å²) >= 11 is 1.17. The maximum atomic E-state index is 10.8. The Morgan fingerprint density at radius 2 is 2.00 bits per heavy atom. The Morgan fingerprint density at radius 1 is 1.15 bits per heavy atom. The molecule has 2 aromatic heterocycles. The molecule has 0 atom stereocenters. The molecule has 0 bridgehead atoms. The van der Waals surface area contributed by atoms with Crippen molar-refractivity contribution in [2.75, 3.05) is 0 Å². The number of carbonyl (C=O) groups is 1. The Hall–Kier alpha value is -2.64. The molecule has 0 saturated heterocycles. The van der Waals surface area contributed by atoms with E-state index in [1.807, 2.05) is 30.3 Å². The molecule has 0 spiro atoms. The van der Waals surface area contributed by atoms with Crippen LogP contribution in [0.2, 0.25) is 0 Å². The molecule has 20 heavy (non-hydrogen) atoms. The smallest absolute Gasteiger partial charge is 0.345 e. The van der Waals surface area contributed by atoms with E-state index in [0.29, 0.717) is 4.88 Å². The summed E-state index contributed by atoms with van der Waals surface area (Å²) in [5.41, 5.74) is 1.75. The molecule has 1 N–H and O–H groups in total. The maximum Gasteiger partial charge on any atom is 0.345 e. The van der Waals surface area contributed by atoms with Crippen LogP contribution in [0.1, 0.15) is 20.1 Å². The zero-order valence-electron chi connectivity index (χ0n) is 10.3. The molecule has 0 amide bonds. The highest BCUT2D eigenvalue weighted by Crippen LogP contribution is 2.16. The van der Waals surface area contributed by atoms with Crippen LogP contribution < -0.4 is 0 Å². The first kappa shape index (κ1) is 12.4. The second-order valence-electron chi connectivity index (χ2n) is 4.14. The molecule has 3 aromatic rings. The van der Waals surface area contributed by atoms with Gasteiger partial charge >= 0.3 is 5.97 Å². The second-order valence-corrected chi connectivity index (χ2v) is 5.22. The van der Waals surface area contributed by atoms with E-state index < -0.39 is 5.97 Å². The fourth-order valence-corrected chi connectivity index (χ4v) is 2.49. The highest BCUT2D eigenvalue weighted by Gasteiger charge is 2.04. The molecule has 96 valence electrons. The predicted molar refractivity (Wildman–Crippen MR) is 79.0 cm³/mol. The van der Waals surface area contributed by atoms with E-state index in [0.717, 1.165) is 21.3 Å². The lowest BCUT2D eigenvalue weighted by molar-refractivity contribution is 0.0702. The number of hydrogen-bond donors (Lipinski definition) is 1. The van der Waals surface area contributed by atoms with Gasteiger partial charge in [0.15, 0.2) is 0 Å². The lowest BCUT2D eigenvalue weighted by Gasteiger charge is -1.96. The standard InChI is InChI=1S/C16H9NO2S/c18-16(19)15-8-7-13(20-15)6-5-11-9-12-3-1-2-4-14(12)17-10-11/h1-4,7-10H,(H,18,19). The number of carboxylic acid groups (broad SMARTS) is 1. The lowest BCUT2D eigenvalue weighted by atomic mass is 10.1. The van der Waals surface area contributed by atoms with E-state index >= 15 is 0 Å². The number of nitrogens with zero attached hydrogens (tertiary/aromatic N) is 1. The summed E-state index contributed by atoms with van der Waals surface area (Å²) in [5.74, 6) is 5.06. The third-order valence-corrected chi connectivity index (χ3v) is 3.73. The molecule has 0 saturated carbocycles. The summed E-state index contributed by atoms with van der Waals surface area (Å²) in [6.45, 7) is 0. The molecule has 3 nitrogen and oxygen atoms in total. The Labute approximate surface area is 119 Å². The van der Waals surface area contributed by atoms with Crippen molar-refractivity contribution in [1.82, 2.24) is 4.98 Å². The van der Waals surface area contributed by atoms with Gasteiger partial charge in [0.25, 0.3) is 0 Å². The zero-order valence-corrected chi connectivity index (χ0v) is 11.1. The highest BCUT2D eigenvalue weighted by molar-refractivity contribution is 7.14. The lowest BCUT2D eigenvalue weighted by Crippen LogP contribution is -1.89. The summed E-state index contributed by atoms with van der Waals surface area (Å²) in [7, 11) is 0. The number of fused-ring (bicyclic) bond motifs is 1. The van der Waals surface area contributed by atoms with Crippen LogP contribution in [-0.2, 0) is 0 Å². The van der Waals surface area contributed by atoms with Gasteiger partial charge in [-0.2, -0.15) is 0 Å². The SMILES string of the molecule is O=C(O)c1ccc(C#Cc2cnc3ccccc3c2)s1. The monoisotopic (exact) mass is 279 g/mol. The first-order valence-electron chi connectivity index (χ1n) is 5.92. The normalized spacial score (nSPS) is 10.0. The van der Waals surface area contributed by atoms with E-state index in [-0.39, 0.29) is 0 Å². The van der Waals surface area contributed by atoms with Crippen LogP contribution in [0.3, 0.4) is 0 Å². The number of hydrogen-bond acceptors (Lipinski definition) is 3. The van der Waals surface area contributed by atoms with Gasteiger partial charge in [0.1, 0.15) is 4.88 Å². The molecule has 3 rings (SSSR count). The topological polar surface area (TPSA) is 50.2 Å². The largest absolute Gasteiger partial charge is 0.477 e. The van der Waals surface area contributed by atoms with Crippen LogP contribution in [-0.4, -0.2) is 16.1 Å². The number of rotatable bonds is 1. The van der Waals surface area contributed by atoms with Gasteiger partial charge in [-0.1, -0.05) is 30.0 Å². The molecular formula is C16H9NO2S. The van der Waals surface area contributed by atoms with Crippen molar-refractivity contribution in [3.05, 3.63) is 64.0 Å². The molecule has 0 aliphatic carbocycles. The number of aromatic nitrogens is 1. The summed E-state index contributed by atoms with van der Waals surface area (Å²) in [5, 5.41) is 9.89. The molecule has 0 aliphatic heterocycles. The average Bonchev–Trinajstić information content (AvgIpc) is 2.94. The van der Waals surface area contributed by atoms with Gasteiger partial charge in [0, 0.05) is 17.1 Å². The van der Waals surface area contributed by atoms with Crippen molar-refractivity contribution < 1.29 is 9.90 Å². The second kappa shape index (κ2) is 5.16. The van der Waals surface area contributed by atoms with Gasteiger partial charge in [-0.25, -0.2) is 4.79 Å². The van der Waals surface area contributed by atoms with Crippen LogP contribution in [0, 0.1) is 11.8 Å². The van der Waals surface area contributed by atoms with Gasteiger partial charge in [0.05, 0.1) is 10.4 Å². The predicted octanol–water partition coefficient (Wildman–Crippen LogP) is 3.39. The summed E-state index contributed by atoms with van der Waals surface area (Å²) in [4.78, 5) is 16.2. The van der Waals surface area contributed by atoms with Crippen LogP contribution >= 0.6 is 11.3 Å². The Morgan fingerprint density at radius 3 is 2.80 bits per heavy atom. The number of carboxylic acids is 1. The summed E-state index contributed by atoms with van der Waals surface area (Å²) in [6.07, 6.45) is 1.72. The third-order valence-electron chi connectivity index (χ3n) is 2.74. The number of benzene rings is 1. The van der Waals surface area contributed by atoms with E-state index in [4.69, 9.17) is 5.11 Å². The minimum Gasteiger partial charge on any atom is -0.477 e. The minimum atomic E-state index is -0.921. The molecule has 0 fully saturated rings. The van der Waals surface area contributed by atoms with Gasteiger partial charge in [-0.3, -0.25) is 4.98 Å². The summed E-state index contributed by atoms with van der Waals surface area (Å²) in [6, 6.07) is 13.1. The van der Waals surface area contributed by atoms with Gasteiger partial charge in [-0.05, 0) is 24.3 Å². The molecule has 0 radical (unpaired) electrons. The Balaban J connectivity index is 1.92. The number of aromatic carboxylic acids is 1. The molecule has 2 heterocycles. The first-order chi connectivity index (χ1) is 9.72. The molecule has 1 aromatic carbocycles. The van der Waals surface area contributed by atoms with Gasteiger partial charge in [0.2, 0.25) is 0 Å². The Kier molecular flexibility index (Phi) is 3.20. The van der Waals surface area contributed by atoms with Gasteiger partial charge < -0.3 is 5.11 Å². The van der Waals surface area contributed by atoms with Crippen molar-refractivity contribution in [1.29, 1.82) is 0 Å². The molecular weight excluding hydrogens is 270 g/mol. The average molecular weight is 279 g/mol. The third kappa shape index (κ3) is 2.53. The number of para-hydroxylation sites is 1. The fraction of sp³-hybridized carbons (Fsp3) is 0. The molecule has 4 heteroatoms. The van der Waals surface area contributed by atoms with E-state index in [9.17, 15) is 4.79 Å². The maximum absolute atomic E-state index is 10.8. The quantitative estimate of drug-likeness (QED) is 0.695. The number of thiophene rings is 1. The van der Waals surface area contributed by atoms with E-state index in [2.05, 4.69) is 16.8 Å². The highest BCUT2D eigenvalue weighted by atomic mass is 32.1. The Bertz CT molecular complexity index is 855. The zero-order chi connectivity index (χ0) is 13.9. The fourth-order valence-electron chi connectivity index (χ4n) is 1.79. The van der Waals surface area contributed by atoms with Crippen molar-refractivity contribution in [2.24, 2.45) is 0 Å². The van der Waals surface area contributed by atoms with Crippen LogP contribution in [0.15, 0.2) is 48.7 Å². The molecule has 0 aliphatic rings. The van der Waals surface area contributed by atoms with Crippen molar-refractivity contribution >= 4 is 28.2 Å².